The summed E-state index contributed by atoms with van der Waals surface area (Å²) in [4.78, 5) is 37.2. The smallest absolute Gasteiger partial charge is 0.327 e. The van der Waals surface area contributed by atoms with Gasteiger partial charge in [0.15, 0.2) is 11.5 Å². The minimum Gasteiger partial charge on any atom is -0.493 e. The summed E-state index contributed by atoms with van der Waals surface area (Å²) in [5, 5.41) is 2.60. The second-order valence-electron chi connectivity index (χ2n) is 4.97. The molecular formula is C15H19N3O5. The van der Waals surface area contributed by atoms with Crippen LogP contribution in [0.1, 0.15) is 0 Å². The molecule has 2 rings (SSSR count). The van der Waals surface area contributed by atoms with Crippen LogP contribution in [0, 0.1) is 0 Å². The van der Waals surface area contributed by atoms with Crippen molar-refractivity contribution in [2.75, 3.05) is 40.4 Å². The van der Waals surface area contributed by atoms with E-state index in [0.29, 0.717) is 11.5 Å². The second kappa shape index (κ2) is 7.48. The minimum absolute atomic E-state index is 0.00300. The van der Waals surface area contributed by atoms with Gasteiger partial charge in [-0.3, -0.25) is 14.5 Å². The Morgan fingerprint density at radius 3 is 2.57 bits per heavy atom. The highest BCUT2D eigenvalue weighted by Crippen LogP contribution is 2.25. The van der Waals surface area contributed by atoms with Gasteiger partial charge in [0.05, 0.1) is 13.7 Å². The van der Waals surface area contributed by atoms with E-state index >= 15 is 0 Å². The maximum atomic E-state index is 11.8. The molecule has 1 N–H and O–H groups in total. The van der Waals surface area contributed by atoms with Crippen LogP contribution in [0.15, 0.2) is 24.3 Å². The number of likely N-dealkylation sites (N-methyl/N-ethyl adjacent to an activating group) is 1. The Balaban J connectivity index is 1.73. The molecule has 4 amide bonds. The SMILES string of the molecule is COc1ccccc1OCCNC(=O)CN1C(=O)CN(C)C1=O. The van der Waals surface area contributed by atoms with Gasteiger partial charge in [-0.15, -0.1) is 0 Å². The number of para-hydroxylation sites is 2. The number of benzene rings is 1. The molecule has 23 heavy (non-hydrogen) atoms. The summed E-state index contributed by atoms with van der Waals surface area (Å²) >= 11 is 0. The zero-order chi connectivity index (χ0) is 16.8. The van der Waals surface area contributed by atoms with Gasteiger partial charge in [0.1, 0.15) is 19.7 Å². The summed E-state index contributed by atoms with van der Waals surface area (Å²) in [6, 6.07) is 6.72. The molecule has 1 heterocycles. The third-order valence-corrected chi connectivity index (χ3v) is 3.28. The highest BCUT2D eigenvalue weighted by atomic mass is 16.5. The van der Waals surface area contributed by atoms with Crippen LogP contribution in [-0.2, 0) is 9.59 Å². The van der Waals surface area contributed by atoms with E-state index in [4.69, 9.17) is 9.47 Å². The summed E-state index contributed by atoms with van der Waals surface area (Å²) in [6.45, 7) is 0.219. The Hall–Kier alpha value is -2.77. The number of imide groups is 1. The van der Waals surface area contributed by atoms with E-state index in [1.54, 1.807) is 19.2 Å². The number of carbonyl (C=O) groups excluding carboxylic acids is 3. The molecule has 0 unspecified atom stereocenters. The molecule has 0 atom stereocenters. The third kappa shape index (κ3) is 4.12. The molecule has 0 aliphatic carbocycles. The highest BCUT2D eigenvalue weighted by Gasteiger charge is 2.34. The van der Waals surface area contributed by atoms with E-state index in [9.17, 15) is 14.4 Å². The summed E-state index contributed by atoms with van der Waals surface area (Å²) in [5.41, 5.74) is 0. The van der Waals surface area contributed by atoms with Gasteiger partial charge in [0.2, 0.25) is 5.91 Å². The van der Waals surface area contributed by atoms with E-state index in [0.717, 1.165) is 4.90 Å². The molecule has 1 aliphatic heterocycles. The zero-order valence-corrected chi connectivity index (χ0v) is 13.1. The van der Waals surface area contributed by atoms with Crippen molar-refractivity contribution < 1.29 is 23.9 Å². The number of hydrogen-bond donors (Lipinski definition) is 1. The number of ether oxygens (including phenoxy) is 2. The molecule has 1 saturated heterocycles. The van der Waals surface area contributed by atoms with Crippen molar-refractivity contribution in [3.05, 3.63) is 24.3 Å². The number of rotatable bonds is 7. The molecule has 0 radical (unpaired) electrons. The maximum Gasteiger partial charge on any atom is 0.327 e. The number of nitrogens with zero attached hydrogens (tertiary/aromatic N) is 2. The lowest BCUT2D eigenvalue weighted by molar-refractivity contribution is -0.130. The molecule has 1 aromatic rings. The van der Waals surface area contributed by atoms with Gasteiger partial charge in [-0.05, 0) is 12.1 Å². The summed E-state index contributed by atoms with van der Waals surface area (Å²) < 4.78 is 10.7. The third-order valence-electron chi connectivity index (χ3n) is 3.28. The number of nitrogens with one attached hydrogen (secondary N) is 1. The van der Waals surface area contributed by atoms with Crippen LogP contribution in [-0.4, -0.2) is 68.0 Å². The fraction of sp³-hybridized carbons (Fsp3) is 0.400. The minimum atomic E-state index is -0.463. The number of amides is 4. The van der Waals surface area contributed by atoms with Crippen molar-refractivity contribution in [1.82, 2.24) is 15.1 Å². The lowest BCUT2D eigenvalue weighted by Gasteiger charge is -2.14. The maximum absolute atomic E-state index is 11.8. The van der Waals surface area contributed by atoms with Crippen molar-refractivity contribution in [2.45, 2.75) is 0 Å². The predicted molar refractivity (Wildman–Crippen MR) is 81.2 cm³/mol. The number of hydrogen-bond acceptors (Lipinski definition) is 5. The first-order valence-corrected chi connectivity index (χ1v) is 7.11. The lowest BCUT2D eigenvalue weighted by Crippen LogP contribution is -2.42. The lowest BCUT2D eigenvalue weighted by atomic mass is 10.3. The Labute approximate surface area is 133 Å². The van der Waals surface area contributed by atoms with Gasteiger partial charge in [-0.25, -0.2) is 4.79 Å². The van der Waals surface area contributed by atoms with Gasteiger partial charge >= 0.3 is 6.03 Å². The van der Waals surface area contributed by atoms with E-state index in [1.165, 1.54) is 11.9 Å². The Morgan fingerprint density at radius 2 is 1.96 bits per heavy atom. The van der Waals surface area contributed by atoms with Crippen LogP contribution in [0.25, 0.3) is 0 Å². The largest absolute Gasteiger partial charge is 0.493 e. The van der Waals surface area contributed by atoms with Crippen LogP contribution < -0.4 is 14.8 Å². The van der Waals surface area contributed by atoms with Gasteiger partial charge in [0, 0.05) is 7.05 Å². The molecule has 0 saturated carbocycles. The van der Waals surface area contributed by atoms with Crippen LogP contribution >= 0.6 is 0 Å². The van der Waals surface area contributed by atoms with E-state index < -0.39 is 11.9 Å². The zero-order valence-electron chi connectivity index (χ0n) is 13.1. The number of carbonyl (C=O) groups is 3. The molecule has 0 bridgehead atoms. The molecular weight excluding hydrogens is 302 g/mol. The highest BCUT2D eigenvalue weighted by molar-refractivity contribution is 6.04. The number of methoxy groups -OCH3 is 1. The van der Waals surface area contributed by atoms with Gasteiger partial charge in [-0.2, -0.15) is 0 Å². The molecule has 0 aromatic heterocycles. The summed E-state index contributed by atoms with van der Waals surface area (Å²) in [7, 11) is 3.06. The van der Waals surface area contributed by atoms with Gasteiger partial charge < -0.3 is 19.7 Å². The van der Waals surface area contributed by atoms with E-state index in [2.05, 4.69) is 5.32 Å². The van der Waals surface area contributed by atoms with Crippen molar-refractivity contribution in [3.63, 3.8) is 0 Å². The van der Waals surface area contributed by atoms with Crippen LogP contribution in [0.4, 0.5) is 4.79 Å². The molecule has 8 heteroatoms. The molecule has 124 valence electrons. The topological polar surface area (TPSA) is 88.2 Å². The Morgan fingerprint density at radius 1 is 1.26 bits per heavy atom. The quantitative estimate of drug-likeness (QED) is 0.568. The van der Waals surface area contributed by atoms with Crippen molar-refractivity contribution in [2.24, 2.45) is 0 Å². The standard InChI is InChI=1S/C15H19N3O5/c1-17-10-14(20)18(15(17)21)9-13(19)16-7-8-23-12-6-4-3-5-11(12)22-2/h3-6H,7-10H2,1-2H3,(H,16,19). The summed E-state index contributed by atoms with van der Waals surface area (Å²) in [5.74, 6) is 0.398. The fourth-order valence-electron chi connectivity index (χ4n) is 2.11. The first-order valence-electron chi connectivity index (χ1n) is 7.11. The van der Waals surface area contributed by atoms with Crippen molar-refractivity contribution in [1.29, 1.82) is 0 Å². The first-order chi connectivity index (χ1) is 11.0. The monoisotopic (exact) mass is 321 g/mol. The summed E-state index contributed by atoms with van der Waals surface area (Å²) in [6.07, 6.45) is 0. The van der Waals surface area contributed by atoms with Crippen molar-refractivity contribution in [3.8, 4) is 11.5 Å². The van der Waals surface area contributed by atoms with Gasteiger partial charge in [-0.1, -0.05) is 12.1 Å². The second-order valence-corrected chi connectivity index (χ2v) is 4.97. The molecule has 1 fully saturated rings. The molecule has 1 aliphatic rings. The fourth-order valence-corrected chi connectivity index (χ4v) is 2.11. The van der Waals surface area contributed by atoms with Crippen molar-refractivity contribution >= 4 is 17.8 Å². The average Bonchev–Trinajstić information content (AvgIpc) is 2.78. The normalized spacial score (nSPS) is 14.2. The average molecular weight is 321 g/mol. The predicted octanol–water partition coefficient (Wildman–Crippen LogP) is 0.0842. The van der Waals surface area contributed by atoms with Crippen LogP contribution in [0.5, 0.6) is 11.5 Å². The van der Waals surface area contributed by atoms with Crippen LogP contribution in [0.3, 0.4) is 0 Å². The molecule has 8 nitrogen and oxygen atoms in total. The molecule has 1 aromatic carbocycles. The Bertz CT molecular complexity index is 605. The van der Waals surface area contributed by atoms with E-state index in [1.807, 2.05) is 12.1 Å². The van der Waals surface area contributed by atoms with Gasteiger partial charge in [0.25, 0.3) is 5.91 Å². The molecule has 0 spiro atoms. The Kier molecular flexibility index (Phi) is 5.40. The first kappa shape index (κ1) is 16.6. The number of urea groups is 1. The van der Waals surface area contributed by atoms with Crippen LogP contribution in [0.2, 0.25) is 0 Å². The van der Waals surface area contributed by atoms with E-state index in [-0.39, 0.29) is 32.1 Å².